The summed E-state index contributed by atoms with van der Waals surface area (Å²) >= 11 is 4.99. The Balaban J connectivity index is 0. The standard InChI is InChI=1S/C3H5ClO.C3H4N2.CH6N4/c1-3(5)2-4;1-2-5-3-4-1;2-1(3)5-4/h2H2,1H3;1-3H,(H,4,5);4H2,(H4,2,3,5). The molecule has 0 aromatic carbocycles. The Kier molecular flexibility index (Phi) is 13.1. The molecular weight excluding hydrogens is 220 g/mol. The number of nitrogens with one attached hydrogen (secondary N) is 3. The number of carbonyl (C=O) groups excluding carboxylic acids is 1. The Hall–Kier alpha value is -1.60. The molecule has 0 saturated carbocycles. The molecule has 1 heterocycles. The van der Waals surface area contributed by atoms with Gasteiger partial charge >= 0.3 is 0 Å². The van der Waals surface area contributed by atoms with Gasteiger partial charge in [-0.05, 0) is 6.92 Å². The van der Waals surface area contributed by atoms with Crippen LogP contribution < -0.4 is 17.0 Å². The number of hydrogen-bond acceptors (Lipinski definition) is 4. The van der Waals surface area contributed by atoms with Crippen molar-refractivity contribution in [1.82, 2.24) is 15.4 Å². The van der Waals surface area contributed by atoms with Crippen LogP contribution in [0.15, 0.2) is 18.7 Å². The van der Waals surface area contributed by atoms with Gasteiger partial charge in [-0.1, -0.05) is 0 Å². The average molecular weight is 235 g/mol. The summed E-state index contributed by atoms with van der Waals surface area (Å²) in [6, 6.07) is 0. The monoisotopic (exact) mass is 234 g/mol. The molecule has 7 N–H and O–H groups in total. The summed E-state index contributed by atoms with van der Waals surface area (Å²) in [5.41, 5.74) is 6.53. The first kappa shape index (κ1) is 15.9. The normalized spacial score (nSPS) is 7.40. The largest absolute Gasteiger partial charge is 0.369 e. The Morgan fingerprint density at radius 2 is 2.20 bits per heavy atom. The van der Waals surface area contributed by atoms with Crippen LogP contribution in [0.1, 0.15) is 6.92 Å². The van der Waals surface area contributed by atoms with Gasteiger partial charge in [0.15, 0.2) is 5.96 Å². The average Bonchev–Trinajstić information content (AvgIpc) is 2.76. The maximum absolute atomic E-state index is 9.68. The number of halogens is 1. The first-order chi connectivity index (χ1) is 7.04. The highest BCUT2D eigenvalue weighted by Gasteiger charge is 1.79. The van der Waals surface area contributed by atoms with Crippen LogP contribution in [-0.2, 0) is 4.79 Å². The molecule has 1 aromatic rings. The zero-order valence-electron chi connectivity index (χ0n) is 8.33. The Bertz CT molecular complexity index is 219. The molecule has 15 heavy (non-hydrogen) atoms. The van der Waals surface area contributed by atoms with Crippen molar-refractivity contribution < 1.29 is 4.79 Å². The molecule has 0 aliphatic carbocycles. The van der Waals surface area contributed by atoms with Crippen LogP contribution in [0.25, 0.3) is 0 Å². The van der Waals surface area contributed by atoms with E-state index in [1.54, 1.807) is 18.7 Å². The number of imidazole rings is 1. The van der Waals surface area contributed by atoms with Crippen molar-refractivity contribution in [3.05, 3.63) is 18.7 Å². The van der Waals surface area contributed by atoms with Gasteiger partial charge in [0.1, 0.15) is 5.78 Å². The molecule has 0 radical (unpaired) electrons. The minimum absolute atomic E-state index is 0.0201. The van der Waals surface area contributed by atoms with Crippen LogP contribution in [0.5, 0.6) is 0 Å². The Morgan fingerprint density at radius 1 is 1.73 bits per heavy atom. The van der Waals surface area contributed by atoms with E-state index in [0.29, 0.717) is 0 Å². The van der Waals surface area contributed by atoms with E-state index in [4.69, 9.17) is 17.0 Å². The lowest BCUT2D eigenvalue weighted by Gasteiger charge is -1.85. The number of rotatable bonds is 1. The fourth-order valence-corrected chi connectivity index (χ4v) is 0.215. The number of ketones is 1. The van der Waals surface area contributed by atoms with Crippen LogP contribution in [-0.4, -0.2) is 27.6 Å². The molecular formula is C7H15ClN6O. The van der Waals surface area contributed by atoms with Crippen LogP contribution in [0.3, 0.4) is 0 Å². The van der Waals surface area contributed by atoms with Crippen molar-refractivity contribution in [2.45, 2.75) is 6.92 Å². The smallest absolute Gasteiger partial charge is 0.200 e. The summed E-state index contributed by atoms with van der Waals surface area (Å²) in [4.78, 5) is 16.1. The van der Waals surface area contributed by atoms with Crippen molar-refractivity contribution in [3.63, 3.8) is 0 Å². The fraction of sp³-hybridized carbons (Fsp3) is 0.286. The van der Waals surface area contributed by atoms with E-state index in [0.717, 1.165) is 0 Å². The van der Waals surface area contributed by atoms with E-state index < -0.39 is 0 Å². The van der Waals surface area contributed by atoms with E-state index in [1.165, 1.54) is 6.92 Å². The number of alkyl halides is 1. The fourth-order valence-electron chi connectivity index (χ4n) is 0.215. The van der Waals surface area contributed by atoms with E-state index >= 15 is 0 Å². The van der Waals surface area contributed by atoms with Crippen molar-refractivity contribution in [1.29, 1.82) is 5.41 Å². The number of carbonyl (C=O) groups is 1. The summed E-state index contributed by atoms with van der Waals surface area (Å²) in [6.07, 6.45) is 5.08. The van der Waals surface area contributed by atoms with Crippen LogP contribution >= 0.6 is 11.6 Å². The lowest BCUT2D eigenvalue weighted by atomic mass is 10.5. The third-order valence-corrected chi connectivity index (χ3v) is 1.13. The number of guanidine groups is 1. The van der Waals surface area contributed by atoms with Gasteiger partial charge < -0.3 is 10.7 Å². The third kappa shape index (κ3) is 24.5. The third-order valence-electron chi connectivity index (χ3n) is 0.750. The number of nitrogens with two attached hydrogens (primary N) is 2. The van der Waals surface area contributed by atoms with Gasteiger partial charge in [-0.2, -0.15) is 0 Å². The maximum atomic E-state index is 9.68. The van der Waals surface area contributed by atoms with Crippen LogP contribution in [0.4, 0.5) is 0 Å². The maximum Gasteiger partial charge on any atom is 0.200 e. The van der Waals surface area contributed by atoms with Gasteiger partial charge in [0.2, 0.25) is 0 Å². The molecule has 0 fully saturated rings. The number of aromatic nitrogens is 2. The van der Waals surface area contributed by atoms with Gasteiger partial charge in [0.05, 0.1) is 12.2 Å². The molecule has 1 aromatic heterocycles. The topological polar surface area (TPSA) is 134 Å². The number of hydrogen-bond donors (Lipinski definition) is 5. The highest BCUT2D eigenvalue weighted by atomic mass is 35.5. The molecule has 86 valence electrons. The zero-order chi connectivity index (χ0) is 12.1. The molecule has 8 heteroatoms. The van der Waals surface area contributed by atoms with Gasteiger partial charge in [-0.3, -0.25) is 15.6 Å². The van der Waals surface area contributed by atoms with E-state index in [-0.39, 0.29) is 17.6 Å². The molecule has 0 bridgehead atoms. The molecule has 0 aliphatic rings. The summed E-state index contributed by atoms with van der Waals surface area (Å²) in [5.74, 6) is 4.51. The zero-order valence-corrected chi connectivity index (χ0v) is 9.08. The molecule has 0 atom stereocenters. The summed E-state index contributed by atoms with van der Waals surface area (Å²) in [6.45, 7) is 1.45. The molecule has 0 unspecified atom stereocenters. The van der Waals surface area contributed by atoms with E-state index in [1.807, 2.05) is 5.43 Å². The second-order valence-electron chi connectivity index (χ2n) is 2.15. The van der Waals surface area contributed by atoms with Crippen LogP contribution in [0, 0.1) is 5.41 Å². The molecule has 0 saturated heterocycles. The predicted octanol–water partition coefficient (Wildman–Crippen LogP) is -0.433. The lowest BCUT2D eigenvalue weighted by molar-refractivity contribution is -0.114. The van der Waals surface area contributed by atoms with Gasteiger partial charge in [-0.25, -0.2) is 10.8 Å². The Morgan fingerprint density at radius 3 is 2.27 bits per heavy atom. The number of H-pyrrole nitrogens is 1. The predicted molar refractivity (Wildman–Crippen MR) is 59.2 cm³/mol. The quantitative estimate of drug-likeness (QED) is 0.148. The van der Waals surface area contributed by atoms with E-state index in [2.05, 4.69) is 21.5 Å². The number of nitrogens with zero attached hydrogens (tertiary/aromatic N) is 1. The van der Waals surface area contributed by atoms with Crippen molar-refractivity contribution in [2.75, 3.05) is 5.88 Å². The van der Waals surface area contributed by atoms with Crippen molar-refractivity contribution >= 4 is 23.3 Å². The van der Waals surface area contributed by atoms with Crippen molar-refractivity contribution in [3.8, 4) is 0 Å². The lowest BCUT2D eigenvalue weighted by Crippen LogP contribution is -2.35. The van der Waals surface area contributed by atoms with Crippen molar-refractivity contribution in [2.24, 2.45) is 11.6 Å². The van der Waals surface area contributed by atoms with Gasteiger partial charge in [0.25, 0.3) is 0 Å². The highest BCUT2D eigenvalue weighted by Crippen LogP contribution is 1.71. The number of hydrazine groups is 1. The molecule has 0 spiro atoms. The molecule has 0 aliphatic heterocycles. The number of Topliss-reactive ketones (excluding diaryl/α,β-unsaturated/α-hetero) is 1. The minimum Gasteiger partial charge on any atom is -0.369 e. The first-order valence-electron chi connectivity index (χ1n) is 3.83. The van der Waals surface area contributed by atoms with Crippen LogP contribution in [0.2, 0.25) is 0 Å². The molecule has 7 nitrogen and oxygen atoms in total. The SMILES string of the molecule is CC(=O)CCl.N=C(N)NN.c1c[nH]cn1. The van der Waals surface area contributed by atoms with Gasteiger partial charge in [0, 0.05) is 12.4 Å². The molecule has 0 amide bonds. The van der Waals surface area contributed by atoms with E-state index in [9.17, 15) is 4.79 Å². The molecule has 1 rings (SSSR count). The summed E-state index contributed by atoms with van der Waals surface area (Å²) in [7, 11) is 0. The first-order valence-corrected chi connectivity index (χ1v) is 4.36. The summed E-state index contributed by atoms with van der Waals surface area (Å²) < 4.78 is 0. The Labute approximate surface area is 92.7 Å². The highest BCUT2D eigenvalue weighted by molar-refractivity contribution is 6.27. The van der Waals surface area contributed by atoms with Gasteiger partial charge in [-0.15, -0.1) is 11.6 Å². The second kappa shape index (κ2) is 12.4. The summed E-state index contributed by atoms with van der Waals surface area (Å²) in [5, 5.41) is 6.28. The second-order valence-corrected chi connectivity index (χ2v) is 2.42. The minimum atomic E-state index is -0.218. The number of aromatic amines is 1.